The first kappa shape index (κ1) is 17.9. The third-order valence-electron chi connectivity index (χ3n) is 3.49. The molecule has 1 aromatic heterocycles. The highest BCUT2D eigenvalue weighted by molar-refractivity contribution is 5.93. The standard InChI is InChI=1S/C19H26N4O/c1-14(2)23(12-15-9-7-6-8-10-15)17-11-16(20-13-21-17)18(24)22-19(3,4)5/h6-11,13-14H,12H2,1-5H3,(H,22,24). The molecule has 0 fully saturated rings. The predicted molar refractivity (Wildman–Crippen MR) is 97.0 cm³/mol. The number of carbonyl (C=O) groups is 1. The number of hydrogen-bond acceptors (Lipinski definition) is 4. The van der Waals surface area contributed by atoms with E-state index in [0.717, 1.165) is 12.4 Å². The number of anilines is 1. The fraction of sp³-hybridized carbons (Fsp3) is 0.421. The molecule has 1 amide bonds. The van der Waals surface area contributed by atoms with E-state index < -0.39 is 0 Å². The number of carbonyl (C=O) groups excluding carboxylic acids is 1. The van der Waals surface area contributed by atoms with Crippen molar-refractivity contribution < 1.29 is 4.79 Å². The summed E-state index contributed by atoms with van der Waals surface area (Å²) in [5.74, 6) is 0.567. The summed E-state index contributed by atoms with van der Waals surface area (Å²) in [4.78, 5) is 23.0. The Balaban J connectivity index is 2.25. The number of hydrogen-bond donors (Lipinski definition) is 1. The van der Waals surface area contributed by atoms with Crippen LogP contribution in [0.4, 0.5) is 5.82 Å². The number of nitrogens with zero attached hydrogens (tertiary/aromatic N) is 3. The monoisotopic (exact) mass is 326 g/mol. The van der Waals surface area contributed by atoms with Crippen LogP contribution in [0.25, 0.3) is 0 Å². The van der Waals surface area contributed by atoms with Crippen molar-refractivity contribution in [1.29, 1.82) is 0 Å². The molecule has 1 heterocycles. The van der Waals surface area contributed by atoms with Crippen LogP contribution in [-0.4, -0.2) is 27.5 Å². The van der Waals surface area contributed by atoms with Crippen molar-refractivity contribution in [1.82, 2.24) is 15.3 Å². The van der Waals surface area contributed by atoms with Crippen LogP contribution in [0.2, 0.25) is 0 Å². The molecule has 1 N–H and O–H groups in total. The van der Waals surface area contributed by atoms with Gasteiger partial charge in [-0.05, 0) is 40.2 Å². The van der Waals surface area contributed by atoms with Gasteiger partial charge in [-0.2, -0.15) is 0 Å². The molecule has 2 rings (SSSR count). The molecule has 0 aliphatic heterocycles. The number of nitrogens with one attached hydrogen (secondary N) is 1. The molecular formula is C19H26N4O. The maximum Gasteiger partial charge on any atom is 0.270 e. The molecule has 5 heteroatoms. The minimum atomic E-state index is -0.302. The minimum absolute atomic E-state index is 0.186. The van der Waals surface area contributed by atoms with Gasteiger partial charge in [-0.15, -0.1) is 0 Å². The number of amides is 1. The molecule has 0 spiro atoms. The van der Waals surface area contributed by atoms with E-state index in [1.54, 1.807) is 6.07 Å². The Morgan fingerprint density at radius 1 is 1.17 bits per heavy atom. The predicted octanol–water partition coefficient (Wildman–Crippen LogP) is 3.42. The average Bonchev–Trinajstić information content (AvgIpc) is 2.52. The summed E-state index contributed by atoms with van der Waals surface area (Å²) in [5.41, 5.74) is 1.28. The van der Waals surface area contributed by atoms with Crippen LogP contribution in [-0.2, 0) is 6.54 Å². The van der Waals surface area contributed by atoms with E-state index in [-0.39, 0.29) is 17.5 Å². The van der Waals surface area contributed by atoms with Crippen molar-refractivity contribution in [2.24, 2.45) is 0 Å². The van der Waals surface area contributed by atoms with Gasteiger partial charge < -0.3 is 10.2 Å². The van der Waals surface area contributed by atoms with Gasteiger partial charge in [0.1, 0.15) is 17.8 Å². The maximum absolute atomic E-state index is 12.3. The van der Waals surface area contributed by atoms with Gasteiger partial charge in [-0.1, -0.05) is 30.3 Å². The Labute approximate surface area is 144 Å². The molecule has 0 saturated carbocycles. The van der Waals surface area contributed by atoms with Crippen LogP contribution >= 0.6 is 0 Å². The Kier molecular flexibility index (Phi) is 5.54. The van der Waals surface area contributed by atoms with Crippen LogP contribution in [0, 0.1) is 0 Å². The van der Waals surface area contributed by atoms with Crippen molar-refractivity contribution >= 4 is 11.7 Å². The lowest BCUT2D eigenvalue weighted by atomic mass is 10.1. The quantitative estimate of drug-likeness (QED) is 0.914. The first-order chi connectivity index (χ1) is 11.3. The van der Waals surface area contributed by atoms with Crippen LogP contribution in [0.15, 0.2) is 42.7 Å². The maximum atomic E-state index is 12.3. The van der Waals surface area contributed by atoms with E-state index in [2.05, 4.69) is 46.2 Å². The third-order valence-corrected chi connectivity index (χ3v) is 3.49. The second-order valence-electron chi connectivity index (χ2n) is 7.17. The SMILES string of the molecule is CC(C)N(Cc1ccccc1)c1cc(C(=O)NC(C)(C)C)ncn1. The average molecular weight is 326 g/mol. The molecule has 2 aromatic rings. The molecule has 5 nitrogen and oxygen atoms in total. The summed E-state index contributed by atoms with van der Waals surface area (Å²) in [6.45, 7) is 10.8. The minimum Gasteiger partial charge on any atom is -0.350 e. The lowest BCUT2D eigenvalue weighted by Gasteiger charge is -2.28. The molecule has 24 heavy (non-hydrogen) atoms. The molecule has 0 aliphatic carbocycles. The lowest BCUT2D eigenvalue weighted by molar-refractivity contribution is 0.0914. The van der Waals surface area contributed by atoms with Crippen LogP contribution in [0.3, 0.4) is 0 Å². The van der Waals surface area contributed by atoms with Gasteiger partial charge in [0.2, 0.25) is 0 Å². The Morgan fingerprint density at radius 3 is 2.42 bits per heavy atom. The van der Waals surface area contributed by atoms with Gasteiger partial charge in [0.25, 0.3) is 5.91 Å². The van der Waals surface area contributed by atoms with E-state index in [9.17, 15) is 4.79 Å². The van der Waals surface area contributed by atoms with Crippen molar-refractivity contribution in [3.8, 4) is 0 Å². The van der Waals surface area contributed by atoms with Crippen LogP contribution in [0.5, 0.6) is 0 Å². The summed E-state index contributed by atoms with van der Waals surface area (Å²) < 4.78 is 0. The van der Waals surface area contributed by atoms with Gasteiger partial charge in [0.15, 0.2) is 0 Å². The van der Waals surface area contributed by atoms with E-state index in [1.165, 1.54) is 11.9 Å². The van der Waals surface area contributed by atoms with Crippen LogP contribution in [0.1, 0.15) is 50.7 Å². The summed E-state index contributed by atoms with van der Waals surface area (Å²) >= 11 is 0. The fourth-order valence-electron chi connectivity index (χ4n) is 2.34. The highest BCUT2D eigenvalue weighted by Crippen LogP contribution is 2.18. The van der Waals surface area contributed by atoms with Gasteiger partial charge >= 0.3 is 0 Å². The van der Waals surface area contributed by atoms with Gasteiger partial charge in [-0.25, -0.2) is 9.97 Å². The zero-order valence-electron chi connectivity index (χ0n) is 15.1. The zero-order chi connectivity index (χ0) is 17.7. The molecule has 0 saturated heterocycles. The fourth-order valence-corrected chi connectivity index (χ4v) is 2.34. The van der Waals surface area contributed by atoms with Gasteiger partial charge in [0.05, 0.1) is 0 Å². The van der Waals surface area contributed by atoms with E-state index in [1.807, 2.05) is 39.0 Å². The highest BCUT2D eigenvalue weighted by Gasteiger charge is 2.19. The van der Waals surface area contributed by atoms with Crippen molar-refractivity contribution in [3.05, 3.63) is 54.0 Å². The molecule has 0 atom stereocenters. The summed E-state index contributed by atoms with van der Waals surface area (Å²) in [6, 6.07) is 12.2. The van der Waals surface area contributed by atoms with E-state index in [0.29, 0.717) is 5.69 Å². The first-order valence-electron chi connectivity index (χ1n) is 8.21. The Hall–Kier alpha value is -2.43. The van der Waals surface area contributed by atoms with Crippen molar-refractivity contribution in [2.75, 3.05) is 4.90 Å². The number of aromatic nitrogens is 2. The normalized spacial score (nSPS) is 11.4. The van der Waals surface area contributed by atoms with Crippen molar-refractivity contribution in [3.63, 3.8) is 0 Å². The number of rotatable bonds is 5. The van der Waals surface area contributed by atoms with E-state index in [4.69, 9.17) is 0 Å². The van der Waals surface area contributed by atoms with E-state index >= 15 is 0 Å². The summed E-state index contributed by atoms with van der Waals surface area (Å²) in [6.07, 6.45) is 1.45. The molecular weight excluding hydrogens is 300 g/mol. The van der Waals surface area contributed by atoms with Gasteiger partial charge in [-0.3, -0.25) is 4.79 Å². The summed E-state index contributed by atoms with van der Waals surface area (Å²) in [5, 5.41) is 2.93. The summed E-state index contributed by atoms with van der Waals surface area (Å²) in [7, 11) is 0. The second kappa shape index (κ2) is 7.43. The molecule has 128 valence electrons. The largest absolute Gasteiger partial charge is 0.350 e. The lowest BCUT2D eigenvalue weighted by Crippen LogP contribution is -2.41. The smallest absolute Gasteiger partial charge is 0.270 e. The Morgan fingerprint density at radius 2 is 1.83 bits per heavy atom. The number of benzene rings is 1. The Bertz CT molecular complexity index is 677. The molecule has 0 radical (unpaired) electrons. The zero-order valence-corrected chi connectivity index (χ0v) is 15.1. The third kappa shape index (κ3) is 5.05. The molecule has 0 aliphatic rings. The second-order valence-corrected chi connectivity index (χ2v) is 7.17. The topological polar surface area (TPSA) is 58.1 Å². The highest BCUT2D eigenvalue weighted by atomic mass is 16.2. The van der Waals surface area contributed by atoms with Crippen molar-refractivity contribution in [2.45, 2.75) is 52.7 Å². The first-order valence-corrected chi connectivity index (χ1v) is 8.21. The molecule has 1 aromatic carbocycles. The molecule has 0 unspecified atom stereocenters. The van der Waals surface area contributed by atoms with Crippen LogP contribution < -0.4 is 10.2 Å². The van der Waals surface area contributed by atoms with Gasteiger partial charge in [0, 0.05) is 24.2 Å². The molecule has 0 bridgehead atoms.